The molecule has 1 heterocycles. The summed E-state index contributed by atoms with van der Waals surface area (Å²) >= 11 is 0. The monoisotopic (exact) mass is 258 g/mol. The van der Waals surface area contributed by atoms with Crippen LogP contribution in [0.1, 0.15) is 23.7 Å². The van der Waals surface area contributed by atoms with Crippen LogP contribution in [0.2, 0.25) is 0 Å². The molecule has 1 unspecified atom stereocenters. The Kier molecular flexibility index (Phi) is 3.75. The van der Waals surface area contributed by atoms with Crippen LogP contribution >= 0.6 is 0 Å². The smallest absolute Gasteiger partial charge is 0.326 e. The number of benzene rings is 1. The van der Waals surface area contributed by atoms with Crippen molar-refractivity contribution in [3.63, 3.8) is 0 Å². The van der Waals surface area contributed by atoms with E-state index >= 15 is 0 Å². The van der Waals surface area contributed by atoms with Crippen molar-refractivity contribution < 1.29 is 14.7 Å². The summed E-state index contributed by atoms with van der Waals surface area (Å²) in [5, 5.41) is 12.2. The van der Waals surface area contributed by atoms with E-state index in [2.05, 4.69) is 10.3 Å². The Morgan fingerprint density at radius 1 is 1.37 bits per heavy atom. The average molecular weight is 258 g/mol. The summed E-state index contributed by atoms with van der Waals surface area (Å²) in [5.74, 6) is -1.46. The number of hydrogen-bond acceptors (Lipinski definition) is 3. The zero-order valence-electron chi connectivity index (χ0n) is 10.5. The molecule has 0 aliphatic carbocycles. The number of pyridine rings is 1. The first kappa shape index (κ1) is 13.0. The van der Waals surface area contributed by atoms with Gasteiger partial charge in [0, 0.05) is 11.6 Å². The maximum atomic E-state index is 11.9. The van der Waals surface area contributed by atoms with Gasteiger partial charge in [0.05, 0.1) is 11.1 Å². The fraction of sp³-hybridized carbons (Fsp3) is 0.214. The lowest BCUT2D eigenvalue weighted by Crippen LogP contribution is -2.40. The average Bonchev–Trinajstić information content (AvgIpc) is 2.43. The Morgan fingerprint density at radius 2 is 2.11 bits per heavy atom. The summed E-state index contributed by atoms with van der Waals surface area (Å²) < 4.78 is 0. The number of aromatic nitrogens is 1. The molecule has 1 atom stereocenters. The molecule has 0 bridgehead atoms. The van der Waals surface area contributed by atoms with Gasteiger partial charge in [0.1, 0.15) is 6.04 Å². The van der Waals surface area contributed by atoms with Gasteiger partial charge in [-0.05, 0) is 18.6 Å². The number of nitrogens with one attached hydrogen (secondary N) is 1. The van der Waals surface area contributed by atoms with Crippen LogP contribution in [-0.4, -0.2) is 28.0 Å². The molecule has 2 rings (SSSR count). The van der Waals surface area contributed by atoms with Crippen LogP contribution in [0, 0.1) is 0 Å². The van der Waals surface area contributed by atoms with Gasteiger partial charge in [-0.1, -0.05) is 25.1 Å². The van der Waals surface area contributed by atoms with Crippen LogP contribution in [0.25, 0.3) is 10.9 Å². The molecular weight excluding hydrogens is 244 g/mol. The zero-order chi connectivity index (χ0) is 13.8. The van der Waals surface area contributed by atoms with Gasteiger partial charge in [-0.25, -0.2) is 4.79 Å². The van der Waals surface area contributed by atoms with Gasteiger partial charge in [0.15, 0.2) is 0 Å². The molecule has 0 fully saturated rings. The van der Waals surface area contributed by atoms with Crippen LogP contribution in [0.4, 0.5) is 0 Å². The maximum absolute atomic E-state index is 11.9. The molecule has 5 heteroatoms. The van der Waals surface area contributed by atoms with E-state index in [-0.39, 0.29) is 0 Å². The van der Waals surface area contributed by atoms with Crippen molar-refractivity contribution in [3.8, 4) is 0 Å². The van der Waals surface area contributed by atoms with Gasteiger partial charge in [-0.2, -0.15) is 0 Å². The second kappa shape index (κ2) is 5.48. The molecule has 5 nitrogen and oxygen atoms in total. The Hall–Kier alpha value is -2.43. The number of carboxylic acids is 1. The third kappa shape index (κ3) is 2.88. The number of carboxylic acid groups (broad SMARTS) is 1. The first-order valence-electron chi connectivity index (χ1n) is 6.00. The Balaban J connectivity index is 2.24. The fourth-order valence-corrected chi connectivity index (χ4v) is 1.78. The second-order valence-corrected chi connectivity index (χ2v) is 4.19. The van der Waals surface area contributed by atoms with Crippen LogP contribution in [0.5, 0.6) is 0 Å². The molecule has 1 aromatic carbocycles. The predicted octanol–water partition coefficient (Wildman–Crippen LogP) is 1.83. The molecule has 19 heavy (non-hydrogen) atoms. The normalized spacial score (nSPS) is 12.1. The predicted molar refractivity (Wildman–Crippen MR) is 70.9 cm³/mol. The molecule has 0 saturated heterocycles. The van der Waals surface area contributed by atoms with Crippen LogP contribution in [0.3, 0.4) is 0 Å². The minimum absolute atomic E-state index is 0.335. The number of hydrogen-bond donors (Lipinski definition) is 2. The zero-order valence-corrected chi connectivity index (χ0v) is 10.5. The fourth-order valence-electron chi connectivity index (χ4n) is 1.78. The molecule has 0 saturated carbocycles. The molecule has 0 radical (unpaired) electrons. The van der Waals surface area contributed by atoms with Crippen LogP contribution in [0.15, 0.2) is 36.5 Å². The van der Waals surface area contributed by atoms with Gasteiger partial charge in [0.2, 0.25) is 0 Å². The lowest BCUT2D eigenvalue weighted by Gasteiger charge is -2.12. The number of amides is 1. The number of carbonyl (C=O) groups excluding carboxylic acids is 1. The lowest BCUT2D eigenvalue weighted by molar-refractivity contribution is -0.139. The van der Waals surface area contributed by atoms with Crippen LogP contribution in [-0.2, 0) is 4.79 Å². The van der Waals surface area contributed by atoms with Gasteiger partial charge in [0.25, 0.3) is 5.91 Å². The minimum atomic E-state index is -1.04. The topological polar surface area (TPSA) is 79.3 Å². The SMILES string of the molecule is CCC(NC(=O)c1cnc2ccccc2c1)C(=O)O. The number of fused-ring (bicyclic) bond motifs is 1. The van der Waals surface area contributed by atoms with E-state index in [1.54, 1.807) is 13.0 Å². The van der Waals surface area contributed by atoms with E-state index in [0.717, 1.165) is 10.9 Å². The molecule has 98 valence electrons. The third-order valence-electron chi connectivity index (χ3n) is 2.86. The van der Waals surface area contributed by atoms with Crippen molar-refractivity contribution in [1.29, 1.82) is 0 Å². The highest BCUT2D eigenvalue weighted by Crippen LogP contribution is 2.12. The molecular formula is C14H14N2O3. The number of carbonyl (C=O) groups is 2. The molecule has 2 aromatic rings. The third-order valence-corrected chi connectivity index (χ3v) is 2.86. The minimum Gasteiger partial charge on any atom is -0.480 e. The summed E-state index contributed by atoms with van der Waals surface area (Å²) in [6.45, 7) is 1.71. The molecule has 0 spiro atoms. The van der Waals surface area contributed by atoms with Crippen molar-refractivity contribution >= 4 is 22.8 Å². The standard InChI is InChI=1S/C14H14N2O3/c1-2-11(14(18)19)16-13(17)10-7-9-5-3-4-6-12(9)15-8-10/h3-8,11H,2H2,1H3,(H,16,17)(H,18,19). The lowest BCUT2D eigenvalue weighted by atomic mass is 10.1. The van der Waals surface area contributed by atoms with E-state index < -0.39 is 17.9 Å². The Morgan fingerprint density at radius 3 is 2.79 bits per heavy atom. The molecule has 2 N–H and O–H groups in total. The molecule has 1 amide bonds. The largest absolute Gasteiger partial charge is 0.480 e. The highest BCUT2D eigenvalue weighted by Gasteiger charge is 2.18. The number of rotatable bonds is 4. The Bertz CT molecular complexity index is 625. The van der Waals surface area contributed by atoms with Gasteiger partial charge >= 0.3 is 5.97 Å². The van der Waals surface area contributed by atoms with E-state index in [1.165, 1.54) is 6.20 Å². The first-order valence-corrected chi connectivity index (χ1v) is 6.00. The van der Waals surface area contributed by atoms with Gasteiger partial charge in [-0.15, -0.1) is 0 Å². The highest BCUT2D eigenvalue weighted by atomic mass is 16.4. The van der Waals surface area contributed by atoms with E-state index in [9.17, 15) is 9.59 Å². The van der Waals surface area contributed by atoms with Crippen molar-refractivity contribution in [2.24, 2.45) is 0 Å². The van der Waals surface area contributed by atoms with Crippen molar-refractivity contribution in [1.82, 2.24) is 10.3 Å². The van der Waals surface area contributed by atoms with Crippen molar-refractivity contribution in [2.75, 3.05) is 0 Å². The molecule has 0 aliphatic rings. The summed E-state index contributed by atoms with van der Waals surface area (Å²) in [6, 6.07) is 8.26. The van der Waals surface area contributed by atoms with Gasteiger partial charge < -0.3 is 10.4 Å². The second-order valence-electron chi connectivity index (χ2n) is 4.19. The number of aliphatic carboxylic acids is 1. The summed E-state index contributed by atoms with van der Waals surface area (Å²) in [7, 11) is 0. The van der Waals surface area contributed by atoms with E-state index in [4.69, 9.17) is 5.11 Å². The van der Waals surface area contributed by atoms with Crippen molar-refractivity contribution in [2.45, 2.75) is 19.4 Å². The maximum Gasteiger partial charge on any atom is 0.326 e. The molecule has 0 aliphatic heterocycles. The quantitative estimate of drug-likeness (QED) is 0.876. The van der Waals surface area contributed by atoms with Gasteiger partial charge in [-0.3, -0.25) is 9.78 Å². The summed E-state index contributed by atoms with van der Waals surface area (Å²) in [5.41, 5.74) is 1.16. The first-order chi connectivity index (χ1) is 9.11. The number of nitrogens with zero attached hydrogens (tertiary/aromatic N) is 1. The van der Waals surface area contributed by atoms with Crippen LogP contribution < -0.4 is 5.32 Å². The van der Waals surface area contributed by atoms with E-state index in [0.29, 0.717) is 12.0 Å². The summed E-state index contributed by atoms with van der Waals surface area (Å²) in [6.07, 6.45) is 1.79. The molecule has 1 aromatic heterocycles. The number of para-hydroxylation sites is 1. The van der Waals surface area contributed by atoms with Crippen molar-refractivity contribution in [3.05, 3.63) is 42.1 Å². The highest BCUT2D eigenvalue weighted by molar-refractivity contribution is 5.98. The summed E-state index contributed by atoms with van der Waals surface area (Å²) in [4.78, 5) is 27.0. The Labute approximate surface area is 110 Å². The van der Waals surface area contributed by atoms with E-state index in [1.807, 2.05) is 24.3 Å².